The average molecular weight is 909 g/mol. The van der Waals surface area contributed by atoms with Crippen LogP contribution in [0.2, 0.25) is 0 Å². The lowest BCUT2D eigenvalue weighted by Crippen LogP contribution is -2.30. The summed E-state index contributed by atoms with van der Waals surface area (Å²) in [5, 5.41) is 0. The molecule has 0 aliphatic carbocycles. The van der Waals surface area contributed by atoms with E-state index in [9.17, 15) is 14.4 Å². The summed E-state index contributed by atoms with van der Waals surface area (Å²) in [7, 11) is 0. The molecular formula is C60H92O6. The molecular weight excluding hydrogens is 817 g/mol. The summed E-state index contributed by atoms with van der Waals surface area (Å²) >= 11 is 0. The van der Waals surface area contributed by atoms with Gasteiger partial charge in [-0.2, -0.15) is 0 Å². The minimum Gasteiger partial charge on any atom is -0.462 e. The monoisotopic (exact) mass is 909 g/mol. The molecule has 0 aliphatic rings. The van der Waals surface area contributed by atoms with Crippen molar-refractivity contribution >= 4 is 17.9 Å². The maximum atomic E-state index is 12.8. The Morgan fingerprint density at radius 2 is 0.636 bits per heavy atom. The number of esters is 3. The zero-order valence-electron chi connectivity index (χ0n) is 41.9. The minimum atomic E-state index is -0.829. The van der Waals surface area contributed by atoms with Crippen LogP contribution in [-0.2, 0) is 28.6 Å². The number of allylic oxidation sites excluding steroid dienone is 24. The summed E-state index contributed by atoms with van der Waals surface area (Å²) in [6.45, 7) is 6.17. The molecule has 0 aliphatic heterocycles. The van der Waals surface area contributed by atoms with Gasteiger partial charge >= 0.3 is 17.9 Å². The number of rotatable bonds is 44. The first-order valence-corrected chi connectivity index (χ1v) is 25.9. The summed E-state index contributed by atoms with van der Waals surface area (Å²) in [4.78, 5) is 38.0. The van der Waals surface area contributed by atoms with E-state index < -0.39 is 6.10 Å². The molecule has 0 heterocycles. The maximum absolute atomic E-state index is 12.8. The molecule has 0 spiro atoms. The van der Waals surface area contributed by atoms with E-state index in [4.69, 9.17) is 14.2 Å². The van der Waals surface area contributed by atoms with Crippen LogP contribution in [0.15, 0.2) is 146 Å². The van der Waals surface area contributed by atoms with Crippen LogP contribution < -0.4 is 0 Å². The lowest BCUT2D eigenvalue weighted by molar-refractivity contribution is -0.167. The SMILES string of the molecule is CC\C=C/C=C\C=C/CCCCCCCCCC(=O)OCC(COC(=O)CCC/C=C\C/C=C\C/C=C\C/C=C\C/C=C\CC)OC(=O)CCCCC/C=C\C/C=C\C/C=C\C/C=C\CC. The Balaban J connectivity index is 4.59. The highest BCUT2D eigenvalue weighted by Gasteiger charge is 2.19. The maximum Gasteiger partial charge on any atom is 0.306 e. The van der Waals surface area contributed by atoms with E-state index in [2.05, 4.69) is 167 Å². The van der Waals surface area contributed by atoms with Crippen molar-refractivity contribution in [1.29, 1.82) is 0 Å². The van der Waals surface area contributed by atoms with Crippen molar-refractivity contribution in [2.75, 3.05) is 13.2 Å². The highest BCUT2D eigenvalue weighted by atomic mass is 16.6. The molecule has 0 rings (SSSR count). The quantitative estimate of drug-likeness (QED) is 0.0199. The van der Waals surface area contributed by atoms with Crippen molar-refractivity contribution in [3.8, 4) is 0 Å². The van der Waals surface area contributed by atoms with Gasteiger partial charge in [-0.15, -0.1) is 0 Å². The largest absolute Gasteiger partial charge is 0.462 e. The Morgan fingerprint density at radius 1 is 0.318 bits per heavy atom. The number of ether oxygens (including phenoxy) is 3. The number of hydrogen-bond donors (Lipinski definition) is 0. The van der Waals surface area contributed by atoms with Crippen LogP contribution in [0.5, 0.6) is 0 Å². The zero-order chi connectivity index (χ0) is 47.9. The van der Waals surface area contributed by atoms with E-state index in [1.165, 1.54) is 19.3 Å². The second kappa shape index (κ2) is 52.9. The molecule has 6 heteroatoms. The third-order valence-corrected chi connectivity index (χ3v) is 10.1. The molecule has 0 fully saturated rings. The second-order valence-corrected chi connectivity index (χ2v) is 16.3. The van der Waals surface area contributed by atoms with E-state index in [1.54, 1.807) is 0 Å². The smallest absolute Gasteiger partial charge is 0.306 e. The lowest BCUT2D eigenvalue weighted by atomic mass is 10.1. The number of hydrogen-bond acceptors (Lipinski definition) is 6. The van der Waals surface area contributed by atoms with Gasteiger partial charge in [0, 0.05) is 19.3 Å². The van der Waals surface area contributed by atoms with Crippen LogP contribution in [0.4, 0.5) is 0 Å². The molecule has 0 bridgehead atoms. The van der Waals surface area contributed by atoms with Crippen molar-refractivity contribution in [2.24, 2.45) is 0 Å². The number of carbonyl (C=O) groups excluding carboxylic acids is 3. The van der Waals surface area contributed by atoms with Crippen molar-refractivity contribution < 1.29 is 28.6 Å². The molecule has 0 aromatic rings. The molecule has 0 radical (unpaired) electrons. The highest BCUT2D eigenvalue weighted by Crippen LogP contribution is 2.12. The molecule has 1 unspecified atom stereocenters. The van der Waals surface area contributed by atoms with E-state index in [0.29, 0.717) is 19.3 Å². The van der Waals surface area contributed by atoms with Crippen LogP contribution in [-0.4, -0.2) is 37.2 Å². The number of unbranched alkanes of at least 4 members (excludes halogenated alkanes) is 11. The predicted molar refractivity (Wildman–Crippen MR) is 283 cm³/mol. The van der Waals surface area contributed by atoms with E-state index in [-0.39, 0.29) is 44.0 Å². The van der Waals surface area contributed by atoms with Crippen LogP contribution >= 0.6 is 0 Å². The van der Waals surface area contributed by atoms with Crippen molar-refractivity contribution in [3.05, 3.63) is 146 Å². The minimum absolute atomic E-state index is 0.122. The Kier molecular flexibility index (Phi) is 49.1. The summed E-state index contributed by atoms with van der Waals surface area (Å²) in [6.07, 6.45) is 75.5. The molecule has 0 aromatic heterocycles. The molecule has 0 amide bonds. The third-order valence-electron chi connectivity index (χ3n) is 10.1. The summed E-state index contributed by atoms with van der Waals surface area (Å²) in [5.41, 5.74) is 0. The van der Waals surface area contributed by atoms with E-state index in [1.807, 2.05) is 0 Å². The van der Waals surface area contributed by atoms with Crippen LogP contribution in [0.3, 0.4) is 0 Å². The first-order valence-electron chi connectivity index (χ1n) is 25.9. The van der Waals surface area contributed by atoms with Crippen LogP contribution in [0, 0.1) is 0 Å². The Morgan fingerprint density at radius 3 is 1.09 bits per heavy atom. The summed E-state index contributed by atoms with van der Waals surface area (Å²) < 4.78 is 16.7. The normalized spacial score (nSPS) is 13.3. The molecule has 0 saturated heterocycles. The molecule has 0 saturated carbocycles. The first-order chi connectivity index (χ1) is 32.5. The Hall–Kier alpha value is -4.71. The Labute approximate surface area is 404 Å². The van der Waals surface area contributed by atoms with Gasteiger partial charge in [-0.25, -0.2) is 0 Å². The van der Waals surface area contributed by atoms with E-state index in [0.717, 1.165) is 122 Å². The molecule has 0 N–H and O–H groups in total. The molecule has 66 heavy (non-hydrogen) atoms. The fraction of sp³-hybridized carbons (Fsp3) is 0.550. The second-order valence-electron chi connectivity index (χ2n) is 16.3. The first kappa shape index (κ1) is 61.3. The van der Waals surface area contributed by atoms with Gasteiger partial charge in [0.25, 0.3) is 0 Å². The highest BCUT2D eigenvalue weighted by molar-refractivity contribution is 5.71. The summed E-state index contributed by atoms with van der Waals surface area (Å²) in [6, 6.07) is 0. The standard InChI is InChI=1S/C60H92O6/c1-4-7-10-13-16-19-22-25-28-30-33-35-38-41-44-47-50-53-59(62)65-56-57(55-64-58(61)52-49-46-43-40-37-34-31-27-24-21-18-15-12-9-6-3)66-60(63)54-51-48-45-42-39-36-32-29-26-23-20-17-14-11-8-5-2/h7-12,15-21,24-26,28-29,33,35-36,39,41,44,57H,4-6,13-14,22-23,27,30-32,34,37-38,40,42-43,45-56H2,1-3H3/b10-7-,11-8-,12-9-,18-15-,19-16-,20-17-,24-21-,28-25-,29-26-,35-33-,39-36-,44-41-. The van der Waals surface area contributed by atoms with Gasteiger partial charge in [0.1, 0.15) is 13.2 Å². The third kappa shape index (κ3) is 50.3. The van der Waals surface area contributed by atoms with E-state index >= 15 is 0 Å². The fourth-order valence-corrected chi connectivity index (χ4v) is 6.35. The number of carbonyl (C=O) groups is 3. The molecule has 1 atom stereocenters. The Bertz CT molecular complexity index is 1510. The van der Waals surface area contributed by atoms with Gasteiger partial charge in [0.15, 0.2) is 6.10 Å². The van der Waals surface area contributed by atoms with Gasteiger partial charge in [0.05, 0.1) is 0 Å². The van der Waals surface area contributed by atoms with Gasteiger partial charge in [-0.3, -0.25) is 14.4 Å². The van der Waals surface area contributed by atoms with Crippen molar-refractivity contribution in [3.63, 3.8) is 0 Å². The van der Waals surface area contributed by atoms with Crippen molar-refractivity contribution in [2.45, 2.75) is 200 Å². The average Bonchev–Trinajstić information content (AvgIpc) is 3.31. The topological polar surface area (TPSA) is 78.9 Å². The van der Waals surface area contributed by atoms with Gasteiger partial charge in [-0.1, -0.05) is 205 Å². The van der Waals surface area contributed by atoms with Gasteiger partial charge in [-0.05, 0) is 116 Å². The zero-order valence-corrected chi connectivity index (χ0v) is 41.9. The van der Waals surface area contributed by atoms with Gasteiger partial charge in [0.2, 0.25) is 0 Å². The summed E-state index contributed by atoms with van der Waals surface area (Å²) in [5.74, 6) is -1.04. The van der Waals surface area contributed by atoms with Gasteiger partial charge < -0.3 is 14.2 Å². The fourth-order valence-electron chi connectivity index (χ4n) is 6.35. The van der Waals surface area contributed by atoms with Crippen molar-refractivity contribution in [1.82, 2.24) is 0 Å². The van der Waals surface area contributed by atoms with Crippen LogP contribution in [0.25, 0.3) is 0 Å². The molecule has 368 valence electrons. The van der Waals surface area contributed by atoms with Crippen LogP contribution in [0.1, 0.15) is 194 Å². The molecule has 0 aromatic carbocycles. The lowest BCUT2D eigenvalue weighted by Gasteiger charge is -2.18. The predicted octanol–water partition coefficient (Wildman–Crippen LogP) is 17.3. The molecule has 6 nitrogen and oxygen atoms in total.